The van der Waals surface area contributed by atoms with Gasteiger partial charge in [0.2, 0.25) is 0 Å². The third-order valence-corrected chi connectivity index (χ3v) is 2.81. The lowest BCUT2D eigenvalue weighted by molar-refractivity contribution is 0.0572. The molecule has 1 saturated heterocycles. The van der Waals surface area contributed by atoms with Crippen LogP contribution in [0, 0.1) is 0 Å². The molecule has 6 heteroatoms. The number of nitrogen functional groups attached to an aromatic ring is 1. The van der Waals surface area contributed by atoms with Crippen molar-refractivity contribution in [3.05, 3.63) is 23.8 Å². The summed E-state index contributed by atoms with van der Waals surface area (Å²) in [6.45, 7) is 0.129. The Bertz CT molecular complexity index is 439. The van der Waals surface area contributed by atoms with Gasteiger partial charge in [-0.3, -0.25) is 4.79 Å². The Morgan fingerprint density at radius 2 is 1.88 bits per heavy atom. The molecule has 1 heterocycles. The third kappa shape index (κ3) is 2.17. The number of carbonyl (C=O) groups excluding carboxylic acids is 1. The number of phenolic OH excluding ortho intramolecular Hbond substituents is 1. The molecule has 1 amide bonds. The molecule has 2 atom stereocenters. The van der Waals surface area contributed by atoms with Gasteiger partial charge in [-0.1, -0.05) is 0 Å². The molecule has 17 heavy (non-hydrogen) atoms. The minimum atomic E-state index is -0.933. The van der Waals surface area contributed by atoms with Crippen molar-refractivity contribution in [3.63, 3.8) is 0 Å². The minimum Gasteiger partial charge on any atom is -0.508 e. The molecule has 1 aromatic carbocycles. The highest BCUT2D eigenvalue weighted by Crippen LogP contribution is 2.22. The fourth-order valence-electron chi connectivity index (χ4n) is 1.84. The second-order valence-corrected chi connectivity index (χ2v) is 4.12. The highest BCUT2D eigenvalue weighted by Gasteiger charge is 2.33. The van der Waals surface area contributed by atoms with E-state index in [9.17, 15) is 20.1 Å². The van der Waals surface area contributed by atoms with Gasteiger partial charge >= 0.3 is 0 Å². The Morgan fingerprint density at radius 1 is 1.29 bits per heavy atom. The smallest absolute Gasteiger partial charge is 0.256 e. The largest absolute Gasteiger partial charge is 0.508 e. The number of hydrogen-bond acceptors (Lipinski definition) is 5. The number of benzene rings is 1. The van der Waals surface area contributed by atoms with Crippen molar-refractivity contribution in [3.8, 4) is 5.75 Å². The second-order valence-electron chi connectivity index (χ2n) is 4.12. The van der Waals surface area contributed by atoms with E-state index in [1.165, 1.54) is 23.1 Å². The summed E-state index contributed by atoms with van der Waals surface area (Å²) < 4.78 is 0. The fourth-order valence-corrected chi connectivity index (χ4v) is 1.84. The number of β-amino-alcohol motifs (C(OH)–C–C–N with tert-alkyl or cyclic N) is 2. The lowest BCUT2D eigenvalue weighted by atomic mass is 10.1. The molecular weight excluding hydrogens is 224 g/mol. The normalized spacial score (nSPS) is 24.0. The first kappa shape index (κ1) is 11.7. The molecule has 1 aliphatic heterocycles. The molecule has 0 saturated carbocycles. The van der Waals surface area contributed by atoms with Crippen LogP contribution in [0.4, 0.5) is 5.69 Å². The van der Waals surface area contributed by atoms with Gasteiger partial charge in [-0.15, -0.1) is 0 Å². The van der Waals surface area contributed by atoms with Crippen molar-refractivity contribution in [2.45, 2.75) is 12.2 Å². The first-order valence-electron chi connectivity index (χ1n) is 5.23. The summed E-state index contributed by atoms with van der Waals surface area (Å²) in [5, 5.41) is 28.0. The van der Waals surface area contributed by atoms with Gasteiger partial charge in [0.15, 0.2) is 0 Å². The van der Waals surface area contributed by atoms with Crippen LogP contribution in [-0.2, 0) is 0 Å². The summed E-state index contributed by atoms with van der Waals surface area (Å²) in [5.41, 5.74) is 6.07. The average Bonchev–Trinajstić information content (AvgIpc) is 2.62. The number of aromatic hydroxyl groups is 1. The molecule has 0 aromatic heterocycles. The van der Waals surface area contributed by atoms with Crippen molar-refractivity contribution >= 4 is 11.6 Å². The monoisotopic (exact) mass is 238 g/mol. The molecule has 6 nitrogen and oxygen atoms in total. The van der Waals surface area contributed by atoms with Gasteiger partial charge in [0.1, 0.15) is 5.75 Å². The number of carbonyl (C=O) groups is 1. The Labute approximate surface area is 97.9 Å². The maximum absolute atomic E-state index is 12.0. The summed E-state index contributed by atoms with van der Waals surface area (Å²) in [7, 11) is 0. The van der Waals surface area contributed by atoms with Crippen LogP contribution in [0.3, 0.4) is 0 Å². The number of nitrogens with two attached hydrogens (primary N) is 1. The van der Waals surface area contributed by atoms with E-state index in [0.29, 0.717) is 0 Å². The van der Waals surface area contributed by atoms with Crippen LogP contribution < -0.4 is 5.73 Å². The molecule has 2 rings (SSSR count). The van der Waals surface area contributed by atoms with E-state index < -0.39 is 18.1 Å². The molecule has 2 unspecified atom stereocenters. The zero-order valence-corrected chi connectivity index (χ0v) is 9.08. The molecule has 1 fully saturated rings. The van der Waals surface area contributed by atoms with E-state index in [4.69, 9.17) is 5.73 Å². The van der Waals surface area contributed by atoms with Gasteiger partial charge in [0.25, 0.3) is 5.91 Å². The van der Waals surface area contributed by atoms with E-state index in [0.717, 1.165) is 0 Å². The Hall–Kier alpha value is -1.79. The Kier molecular flexibility index (Phi) is 2.91. The zero-order chi connectivity index (χ0) is 12.6. The van der Waals surface area contributed by atoms with E-state index in [1.807, 2.05) is 0 Å². The van der Waals surface area contributed by atoms with Crippen LogP contribution in [0.15, 0.2) is 18.2 Å². The van der Waals surface area contributed by atoms with Gasteiger partial charge in [0.05, 0.1) is 17.8 Å². The number of aliphatic hydroxyl groups excluding tert-OH is 2. The van der Waals surface area contributed by atoms with E-state index in [2.05, 4.69) is 0 Å². The molecule has 0 bridgehead atoms. The SMILES string of the molecule is Nc1ccc(O)cc1C(=O)N1CC(O)C(O)C1. The van der Waals surface area contributed by atoms with Crippen molar-refractivity contribution < 1.29 is 20.1 Å². The minimum absolute atomic E-state index is 0.0529. The van der Waals surface area contributed by atoms with E-state index >= 15 is 0 Å². The molecule has 92 valence electrons. The van der Waals surface area contributed by atoms with Crippen LogP contribution in [0.2, 0.25) is 0 Å². The summed E-state index contributed by atoms with van der Waals surface area (Å²) >= 11 is 0. The lowest BCUT2D eigenvalue weighted by Gasteiger charge is -2.16. The summed E-state index contributed by atoms with van der Waals surface area (Å²) in [6.07, 6.45) is -1.87. The number of likely N-dealkylation sites (tertiary alicyclic amines) is 1. The number of hydrogen-bond donors (Lipinski definition) is 4. The first-order valence-corrected chi connectivity index (χ1v) is 5.23. The number of aliphatic hydroxyl groups is 2. The molecular formula is C11H14N2O4. The molecule has 1 aliphatic rings. The number of rotatable bonds is 1. The Balaban J connectivity index is 2.23. The van der Waals surface area contributed by atoms with Crippen LogP contribution in [-0.4, -0.2) is 51.4 Å². The summed E-state index contributed by atoms with van der Waals surface area (Å²) in [6, 6.07) is 4.10. The number of amides is 1. The van der Waals surface area contributed by atoms with Crippen molar-refractivity contribution in [1.82, 2.24) is 4.90 Å². The second kappa shape index (κ2) is 4.23. The molecule has 0 aliphatic carbocycles. The third-order valence-electron chi connectivity index (χ3n) is 2.81. The van der Waals surface area contributed by atoms with Crippen LogP contribution in [0.25, 0.3) is 0 Å². The van der Waals surface area contributed by atoms with Crippen molar-refractivity contribution in [2.75, 3.05) is 18.8 Å². The number of nitrogens with zero attached hydrogens (tertiary/aromatic N) is 1. The number of phenols is 1. The molecule has 0 radical (unpaired) electrons. The molecule has 1 aromatic rings. The first-order chi connectivity index (χ1) is 7.99. The summed E-state index contributed by atoms with van der Waals surface area (Å²) in [5.74, 6) is -0.461. The molecule has 5 N–H and O–H groups in total. The average molecular weight is 238 g/mol. The van der Waals surface area contributed by atoms with Gasteiger partial charge in [-0.05, 0) is 18.2 Å². The van der Waals surface area contributed by atoms with E-state index in [1.54, 1.807) is 0 Å². The standard InChI is InChI=1S/C11H14N2O4/c12-8-2-1-6(14)3-7(8)11(17)13-4-9(15)10(16)5-13/h1-3,9-10,14-16H,4-5,12H2. The maximum atomic E-state index is 12.0. The quantitative estimate of drug-likeness (QED) is 0.376. The van der Waals surface area contributed by atoms with Crippen molar-refractivity contribution in [1.29, 1.82) is 0 Å². The highest BCUT2D eigenvalue weighted by atomic mass is 16.3. The topological polar surface area (TPSA) is 107 Å². The maximum Gasteiger partial charge on any atom is 0.256 e. The molecule has 0 spiro atoms. The Morgan fingerprint density at radius 3 is 2.47 bits per heavy atom. The zero-order valence-electron chi connectivity index (χ0n) is 9.08. The highest BCUT2D eigenvalue weighted by molar-refractivity contribution is 5.99. The van der Waals surface area contributed by atoms with Crippen LogP contribution in [0.5, 0.6) is 5.75 Å². The van der Waals surface area contributed by atoms with Gasteiger partial charge in [0, 0.05) is 18.8 Å². The van der Waals surface area contributed by atoms with Gasteiger partial charge in [-0.2, -0.15) is 0 Å². The predicted molar refractivity (Wildman–Crippen MR) is 60.4 cm³/mol. The van der Waals surface area contributed by atoms with Crippen LogP contribution in [0.1, 0.15) is 10.4 Å². The lowest BCUT2D eigenvalue weighted by Crippen LogP contribution is -2.30. The van der Waals surface area contributed by atoms with E-state index in [-0.39, 0.29) is 30.1 Å². The van der Waals surface area contributed by atoms with Crippen LogP contribution >= 0.6 is 0 Å². The van der Waals surface area contributed by atoms with Gasteiger partial charge in [-0.25, -0.2) is 0 Å². The predicted octanol–water partition coefficient (Wildman–Crippen LogP) is -0.848. The van der Waals surface area contributed by atoms with Gasteiger partial charge < -0.3 is 26.0 Å². The fraction of sp³-hybridized carbons (Fsp3) is 0.364. The number of anilines is 1. The van der Waals surface area contributed by atoms with Crippen molar-refractivity contribution in [2.24, 2.45) is 0 Å². The summed E-state index contributed by atoms with van der Waals surface area (Å²) in [4.78, 5) is 13.3.